The Labute approximate surface area is 104 Å². The zero-order valence-corrected chi connectivity index (χ0v) is 10.4. The van der Waals surface area contributed by atoms with Crippen LogP contribution >= 0.6 is 35.0 Å². The van der Waals surface area contributed by atoms with Crippen LogP contribution in [0.15, 0.2) is 30.3 Å². The lowest BCUT2D eigenvalue weighted by atomic mass is 10.2. The Kier molecular flexibility index (Phi) is 4.26. The van der Waals surface area contributed by atoms with E-state index >= 15 is 0 Å². The molecule has 0 aliphatic carbocycles. The van der Waals surface area contributed by atoms with Gasteiger partial charge in [-0.15, -0.1) is 0 Å². The van der Waals surface area contributed by atoms with Crippen molar-refractivity contribution in [3.63, 3.8) is 0 Å². The fraction of sp³-hybridized carbons (Fsp3) is 0.300. The predicted octanol–water partition coefficient (Wildman–Crippen LogP) is 3.76. The first-order chi connectivity index (χ1) is 6.99. The van der Waals surface area contributed by atoms with Crippen LogP contribution in [0.4, 0.5) is 5.69 Å². The minimum absolute atomic E-state index is 0.297. The van der Waals surface area contributed by atoms with Crippen LogP contribution in [-0.4, -0.2) is 10.2 Å². The summed E-state index contributed by atoms with van der Waals surface area (Å²) in [7, 11) is 0. The van der Waals surface area contributed by atoms with Gasteiger partial charge in [0.05, 0.1) is 5.69 Å². The quantitative estimate of drug-likeness (QED) is 0.602. The van der Waals surface area contributed by atoms with Crippen molar-refractivity contribution in [3.05, 3.63) is 30.3 Å². The lowest BCUT2D eigenvalue weighted by Crippen LogP contribution is -2.36. The molecule has 1 aromatic carbocycles. The fourth-order valence-corrected chi connectivity index (χ4v) is 1.48. The SMILES string of the molecule is CCC(Cl)(Cl)C(=O)N(Cl)c1ccccc1. The molecule has 0 aliphatic rings. The van der Waals surface area contributed by atoms with Crippen LogP contribution in [0.2, 0.25) is 0 Å². The number of hydrogen-bond acceptors (Lipinski definition) is 1. The first-order valence-electron chi connectivity index (χ1n) is 4.42. The molecule has 0 spiro atoms. The van der Waals surface area contributed by atoms with Crippen LogP contribution < -0.4 is 4.42 Å². The Balaban J connectivity index is 2.87. The van der Waals surface area contributed by atoms with E-state index in [1.165, 1.54) is 0 Å². The molecule has 2 nitrogen and oxygen atoms in total. The Bertz CT molecular complexity index is 340. The number of hydrogen-bond donors (Lipinski definition) is 0. The average Bonchev–Trinajstić information content (AvgIpc) is 2.28. The second-order valence-corrected chi connectivity index (χ2v) is 4.80. The molecule has 0 atom stereocenters. The molecule has 1 rings (SSSR count). The van der Waals surface area contributed by atoms with Gasteiger partial charge in [-0.2, -0.15) is 0 Å². The van der Waals surface area contributed by atoms with E-state index in [9.17, 15) is 4.79 Å². The van der Waals surface area contributed by atoms with Crippen molar-refractivity contribution in [2.75, 3.05) is 4.42 Å². The third-order valence-corrected chi connectivity index (χ3v) is 3.12. The molecule has 0 saturated carbocycles. The van der Waals surface area contributed by atoms with E-state index in [2.05, 4.69) is 0 Å². The van der Waals surface area contributed by atoms with E-state index in [0.29, 0.717) is 12.1 Å². The maximum absolute atomic E-state index is 11.7. The van der Waals surface area contributed by atoms with Crippen molar-refractivity contribution >= 4 is 46.6 Å². The molecule has 1 aromatic rings. The number of amides is 1. The highest BCUT2D eigenvalue weighted by molar-refractivity contribution is 6.61. The Morgan fingerprint density at radius 1 is 1.33 bits per heavy atom. The zero-order chi connectivity index (χ0) is 11.5. The van der Waals surface area contributed by atoms with E-state index in [4.69, 9.17) is 35.0 Å². The molecule has 1 amide bonds. The Morgan fingerprint density at radius 3 is 2.33 bits per heavy atom. The average molecular weight is 267 g/mol. The fourth-order valence-electron chi connectivity index (χ4n) is 0.971. The third-order valence-electron chi connectivity index (χ3n) is 1.92. The molecule has 0 unspecified atom stereocenters. The van der Waals surface area contributed by atoms with Crippen molar-refractivity contribution in [2.24, 2.45) is 0 Å². The second kappa shape index (κ2) is 5.06. The summed E-state index contributed by atoms with van der Waals surface area (Å²) < 4.78 is -0.541. The lowest BCUT2D eigenvalue weighted by molar-refractivity contribution is -0.118. The van der Waals surface area contributed by atoms with Gasteiger partial charge in [0.15, 0.2) is 4.33 Å². The summed E-state index contributed by atoms with van der Waals surface area (Å²) in [4.78, 5) is 11.7. The van der Waals surface area contributed by atoms with Gasteiger partial charge >= 0.3 is 0 Å². The van der Waals surface area contributed by atoms with Crippen LogP contribution in [0, 0.1) is 0 Å². The number of benzene rings is 1. The normalized spacial score (nSPS) is 11.2. The number of rotatable bonds is 3. The smallest absolute Gasteiger partial charge is 0.270 e. The van der Waals surface area contributed by atoms with Gasteiger partial charge in [0, 0.05) is 11.8 Å². The van der Waals surface area contributed by atoms with Gasteiger partial charge in [0.25, 0.3) is 5.91 Å². The molecule has 15 heavy (non-hydrogen) atoms. The highest BCUT2D eigenvalue weighted by Gasteiger charge is 2.35. The highest BCUT2D eigenvalue weighted by Crippen LogP contribution is 2.30. The van der Waals surface area contributed by atoms with Crippen LogP contribution in [0.5, 0.6) is 0 Å². The van der Waals surface area contributed by atoms with Crippen LogP contribution in [0.1, 0.15) is 13.3 Å². The summed E-state index contributed by atoms with van der Waals surface area (Å²) in [5.41, 5.74) is 0.545. The summed E-state index contributed by atoms with van der Waals surface area (Å²) in [6.07, 6.45) is 0.297. The molecule has 0 heterocycles. The van der Waals surface area contributed by atoms with Crippen LogP contribution in [0.25, 0.3) is 0 Å². The highest BCUT2D eigenvalue weighted by atomic mass is 35.5. The molecule has 0 fully saturated rings. The number of anilines is 1. The molecular formula is C10H10Cl3NO. The summed E-state index contributed by atoms with van der Waals surface area (Å²) in [5.74, 6) is -0.541. The van der Waals surface area contributed by atoms with Crippen LogP contribution in [-0.2, 0) is 4.79 Å². The lowest BCUT2D eigenvalue weighted by Gasteiger charge is -2.22. The minimum atomic E-state index is -1.47. The molecule has 0 aromatic heterocycles. The maximum atomic E-state index is 11.7. The topological polar surface area (TPSA) is 20.3 Å². The van der Waals surface area contributed by atoms with E-state index in [0.717, 1.165) is 4.42 Å². The summed E-state index contributed by atoms with van der Waals surface area (Å²) in [6.45, 7) is 1.72. The number of carbonyl (C=O) groups excluding carboxylic acids is 1. The van der Waals surface area contributed by atoms with Crippen molar-refractivity contribution in [1.82, 2.24) is 0 Å². The molecule has 0 bridgehead atoms. The molecule has 0 saturated heterocycles. The van der Waals surface area contributed by atoms with Crippen molar-refractivity contribution in [2.45, 2.75) is 17.7 Å². The number of para-hydroxylation sites is 1. The van der Waals surface area contributed by atoms with Crippen molar-refractivity contribution in [3.8, 4) is 0 Å². The van der Waals surface area contributed by atoms with Crippen molar-refractivity contribution in [1.29, 1.82) is 0 Å². The second-order valence-electron chi connectivity index (χ2n) is 2.98. The van der Waals surface area contributed by atoms with Gasteiger partial charge in [-0.3, -0.25) is 4.79 Å². The monoisotopic (exact) mass is 265 g/mol. The van der Waals surface area contributed by atoms with Gasteiger partial charge in [0.1, 0.15) is 0 Å². The summed E-state index contributed by atoms with van der Waals surface area (Å²) >= 11 is 17.4. The van der Waals surface area contributed by atoms with E-state index in [1.54, 1.807) is 31.2 Å². The first-order valence-corrected chi connectivity index (χ1v) is 5.51. The number of halogens is 3. The van der Waals surface area contributed by atoms with Gasteiger partial charge < -0.3 is 0 Å². The van der Waals surface area contributed by atoms with Gasteiger partial charge in [-0.25, -0.2) is 4.42 Å². The van der Waals surface area contributed by atoms with Gasteiger partial charge in [-0.05, 0) is 18.6 Å². The van der Waals surface area contributed by atoms with E-state index in [1.807, 2.05) is 6.07 Å². The van der Waals surface area contributed by atoms with E-state index < -0.39 is 10.2 Å². The third kappa shape index (κ3) is 3.00. The van der Waals surface area contributed by atoms with Gasteiger partial charge in [0.2, 0.25) is 0 Å². The standard InChI is InChI=1S/C10H10Cl3NO/c1-2-10(11,12)9(15)14(13)8-6-4-3-5-7-8/h3-7H,2H2,1H3. The molecule has 0 aliphatic heterocycles. The first kappa shape index (κ1) is 12.6. The maximum Gasteiger partial charge on any atom is 0.278 e. The molecule has 82 valence electrons. The largest absolute Gasteiger partial charge is 0.278 e. The molecular weight excluding hydrogens is 256 g/mol. The molecule has 0 N–H and O–H groups in total. The summed E-state index contributed by atoms with van der Waals surface area (Å²) in [5, 5.41) is 0. The number of nitrogens with zero attached hydrogens (tertiary/aromatic N) is 1. The Hall–Kier alpha value is -0.440. The summed E-state index contributed by atoms with van der Waals surface area (Å²) in [6, 6.07) is 8.77. The van der Waals surface area contributed by atoms with E-state index in [-0.39, 0.29) is 0 Å². The Morgan fingerprint density at radius 2 is 1.87 bits per heavy atom. The van der Waals surface area contributed by atoms with Gasteiger partial charge in [-0.1, -0.05) is 48.3 Å². The van der Waals surface area contributed by atoms with Crippen molar-refractivity contribution < 1.29 is 4.79 Å². The minimum Gasteiger partial charge on any atom is -0.270 e. The van der Waals surface area contributed by atoms with Crippen LogP contribution in [0.3, 0.4) is 0 Å². The predicted molar refractivity (Wildman–Crippen MR) is 64.5 cm³/mol. The molecule has 5 heteroatoms. The number of carbonyl (C=O) groups is 1. The zero-order valence-electron chi connectivity index (χ0n) is 8.08. The molecule has 0 radical (unpaired) electrons. The number of alkyl halides is 2.